The van der Waals surface area contributed by atoms with Crippen LogP contribution in [0, 0.1) is 0 Å². The van der Waals surface area contributed by atoms with Gasteiger partial charge in [-0.25, -0.2) is 9.98 Å². The monoisotopic (exact) mass is 756 g/mol. The number of epoxide rings is 2. The largest absolute Gasteiger partial charge is 0.491 e. The quantitative estimate of drug-likeness (QED) is 0.191. The molecule has 6 aliphatic rings. The fourth-order valence-electron chi connectivity index (χ4n) is 7.28. The Morgan fingerprint density at radius 2 is 0.833 bits per heavy atom. The van der Waals surface area contributed by atoms with E-state index >= 15 is 0 Å². The van der Waals surface area contributed by atoms with E-state index in [1.165, 1.54) is 41.5 Å². The molecule has 294 valence electrons. The highest BCUT2D eigenvalue weighted by atomic mass is 16.7. The zero-order valence-corrected chi connectivity index (χ0v) is 31.9. The summed E-state index contributed by atoms with van der Waals surface area (Å²) in [7, 11) is 0. The van der Waals surface area contributed by atoms with Crippen LogP contribution in [0.5, 0.6) is 0 Å². The molecule has 0 aromatic heterocycles. The molecule has 4 unspecified atom stereocenters. The lowest BCUT2D eigenvalue weighted by molar-refractivity contribution is -0.134. The third-order valence-corrected chi connectivity index (χ3v) is 10.5. The van der Waals surface area contributed by atoms with Crippen LogP contribution < -0.4 is 0 Å². The van der Waals surface area contributed by atoms with Crippen molar-refractivity contribution in [2.24, 2.45) is 9.98 Å². The summed E-state index contributed by atoms with van der Waals surface area (Å²) in [4.78, 5) is 94.7. The topological polar surface area (TPSA) is 190 Å². The molecule has 0 saturated carbocycles. The van der Waals surface area contributed by atoms with E-state index in [1.54, 1.807) is 41.6 Å². The third kappa shape index (κ3) is 8.59. The smallest absolute Gasteiger partial charge is 0.219 e. The Kier molecular flexibility index (Phi) is 11.1. The first-order chi connectivity index (χ1) is 25.6. The molecule has 0 aromatic rings. The van der Waals surface area contributed by atoms with E-state index in [9.17, 15) is 28.8 Å². The van der Waals surface area contributed by atoms with Crippen molar-refractivity contribution >= 4 is 46.9 Å². The van der Waals surface area contributed by atoms with E-state index in [1.807, 2.05) is 0 Å². The Morgan fingerprint density at radius 3 is 1.15 bits per heavy atom. The molecule has 2 fully saturated rings. The Morgan fingerprint density at radius 1 is 0.537 bits per heavy atom. The van der Waals surface area contributed by atoms with Crippen molar-refractivity contribution in [2.45, 2.75) is 65.2 Å². The van der Waals surface area contributed by atoms with Crippen LogP contribution >= 0.6 is 0 Å². The molecule has 0 aliphatic carbocycles. The molecule has 6 heterocycles. The molecule has 6 amide bonds. The van der Waals surface area contributed by atoms with Gasteiger partial charge in [0.15, 0.2) is 12.2 Å². The van der Waals surface area contributed by atoms with Crippen molar-refractivity contribution < 1.29 is 47.7 Å². The second kappa shape index (κ2) is 15.5. The number of carbonyl (C=O) groups excluding carboxylic acids is 6. The van der Waals surface area contributed by atoms with Gasteiger partial charge < -0.3 is 48.3 Å². The van der Waals surface area contributed by atoms with Gasteiger partial charge >= 0.3 is 0 Å². The summed E-state index contributed by atoms with van der Waals surface area (Å²) in [6.07, 6.45) is 2.39. The predicted molar refractivity (Wildman–Crippen MR) is 192 cm³/mol. The average Bonchev–Trinajstić information content (AvgIpc) is 4.00. The SMILES string of the molecule is CC(=O)N1CCN(C(C)=O)CC23N=C(C=C(OCCOC4=CC5=NC6(CN(C(C)=O)CCN(C(C)=O)CC[15N](C(C)=O)C5)OC46)C2O3)C[15N](C(C)=O)CC1. The van der Waals surface area contributed by atoms with Gasteiger partial charge in [-0.05, 0) is 0 Å². The first-order valence-electron chi connectivity index (χ1n) is 18.3. The van der Waals surface area contributed by atoms with Crippen LogP contribution in [0.1, 0.15) is 41.5 Å². The van der Waals surface area contributed by atoms with Crippen molar-refractivity contribution in [1.29, 1.82) is 0 Å². The molecule has 2 spiro atoms. The summed E-state index contributed by atoms with van der Waals surface area (Å²) in [6.45, 7) is 12.0. The summed E-state index contributed by atoms with van der Waals surface area (Å²) in [5.74, 6) is 0.0161. The van der Waals surface area contributed by atoms with E-state index in [0.717, 1.165) is 0 Å². The van der Waals surface area contributed by atoms with E-state index in [-0.39, 0.29) is 87.9 Å². The van der Waals surface area contributed by atoms with Gasteiger partial charge in [-0.2, -0.15) is 0 Å². The Balaban J connectivity index is 1.16. The maximum Gasteiger partial charge on any atom is 0.219 e. The normalized spacial score (nSPS) is 28.5. The highest BCUT2D eigenvalue weighted by molar-refractivity contribution is 6.01. The Hall–Kier alpha value is -4.84. The molecule has 4 bridgehead atoms. The van der Waals surface area contributed by atoms with Crippen LogP contribution in [0.15, 0.2) is 33.7 Å². The summed E-state index contributed by atoms with van der Waals surface area (Å²) in [5.41, 5.74) is -1.07. The number of amides is 6. The van der Waals surface area contributed by atoms with E-state index in [2.05, 4.69) is 0 Å². The molecule has 4 atom stereocenters. The van der Waals surface area contributed by atoms with Crippen LogP contribution in [0.3, 0.4) is 0 Å². The fourth-order valence-corrected chi connectivity index (χ4v) is 7.28. The van der Waals surface area contributed by atoms with Crippen molar-refractivity contribution in [2.75, 3.05) is 91.8 Å². The lowest BCUT2D eigenvalue weighted by Gasteiger charge is -2.32. The van der Waals surface area contributed by atoms with E-state index < -0.39 is 23.7 Å². The Bertz CT molecular complexity index is 1590. The zero-order chi connectivity index (χ0) is 38.9. The zero-order valence-electron chi connectivity index (χ0n) is 31.9. The standard InChI is InChI=1S/C36H50N8O10/c1-23(45)39-7-11-41(25(3)47)19-29-17-31(33-35(37-29,53-33)21-43(13-9-39)27(5)49)51-15-16-52-32-18-30-20-42(26(4)48)12-8-40(24(2)46)10-14-44(28(6)50)22-36(38-30)34(32)54-36/h17-18,33-34H,7-16,19-22H2,1-6H3/i41+1,42+1. The molecule has 6 rings (SSSR count). The molecular weight excluding hydrogens is 706 g/mol. The van der Waals surface area contributed by atoms with Crippen molar-refractivity contribution in [3.8, 4) is 0 Å². The van der Waals surface area contributed by atoms with Crippen molar-refractivity contribution in [3.05, 3.63) is 23.7 Å². The van der Waals surface area contributed by atoms with Gasteiger partial charge in [0.1, 0.15) is 24.7 Å². The highest BCUT2D eigenvalue weighted by Crippen LogP contribution is 2.48. The molecular formula is C36H50N8O10. The highest BCUT2D eigenvalue weighted by Gasteiger charge is 2.64. The number of nitrogens with zero attached hydrogens (tertiary/aromatic N) is 8. The van der Waals surface area contributed by atoms with E-state index in [0.29, 0.717) is 62.2 Å². The van der Waals surface area contributed by atoms with Gasteiger partial charge in [0.2, 0.25) is 46.9 Å². The van der Waals surface area contributed by atoms with Gasteiger partial charge in [0, 0.05) is 106 Å². The number of hydrogen-bond donors (Lipinski definition) is 0. The molecule has 6 aliphatic heterocycles. The van der Waals surface area contributed by atoms with Crippen LogP contribution in [-0.2, 0) is 47.7 Å². The number of hydrogen-bond acceptors (Lipinski definition) is 12. The van der Waals surface area contributed by atoms with Gasteiger partial charge in [-0.15, -0.1) is 0 Å². The van der Waals surface area contributed by atoms with Gasteiger partial charge in [-0.3, -0.25) is 28.8 Å². The number of carbonyl (C=O) groups is 6. The summed E-state index contributed by atoms with van der Waals surface area (Å²) < 4.78 is 24.7. The van der Waals surface area contributed by atoms with Gasteiger partial charge in [0.05, 0.1) is 37.6 Å². The minimum atomic E-state index is -1.08. The maximum absolute atomic E-state index is 12.7. The molecule has 0 radical (unpaired) electrons. The van der Waals surface area contributed by atoms with Crippen LogP contribution in [0.4, 0.5) is 0 Å². The number of aliphatic imine (C=N–C) groups is 2. The Labute approximate surface area is 314 Å². The maximum atomic E-state index is 12.7. The molecule has 2 saturated heterocycles. The lowest BCUT2D eigenvalue weighted by atomic mass is 10.1. The summed E-state index contributed by atoms with van der Waals surface area (Å²) >= 11 is 0. The number of dihydropyridines is 2. The van der Waals surface area contributed by atoms with Gasteiger partial charge in [-0.1, -0.05) is 0 Å². The van der Waals surface area contributed by atoms with Crippen molar-refractivity contribution in [1.82, 2.24) is 29.4 Å². The average molecular weight is 757 g/mol. The first-order valence-corrected chi connectivity index (χ1v) is 18.3. The van der Waals surface area contributed by atoms with Crippen molar-refractivity contribution in [3.63, 3.8) is 0 Å². The van der Waals surface area contributed by atoms with Crippen LogP contribution in [-0.4, -0.2) is 192 Å². The van der Waals surface area contributed by atoms with E-state index in [4.69, 9.17) is 28.9 Å². The van der Waals surface area contributed by atoms with Crippen LogP contribution in [0.2, 0.25) is 0 Å². The number of ether oxygens (including phenoxy) is 4. The molecule has 54 heavy (non-hydrogen) atoms. The lowest BCUT2D eigenvalue weighted by Crippen LogP contribution is -2.48. The molecule has 0 N–H and O–H groups in total. The summed E-state index contributed by atoms with van der Waals surface area (Å²) in [5, 5.41) is 0. The second-order valence-corrected chi connectivity index (χ2v) is 14.5. The fraction of sp³-hybridized carbons (Fsp3) is 0.667. The minimum absolute atomic E-state index is 0.110. The first kappa shape index (κ1) is 38.9. The second-order valence-electron chi connectivity index (χ2n) is 14.5. The molecule has 0 aromatic carbocycles. The predicted octanol–water partition coefficient (Wildman–Crippen LogP) is -0.995. The molecule has 18 nitrogen and oxygen atoms in total. The van der Waals surface area contributed by atoms with Crippen LogP contribution in [0.25, 0.3) is 0 Å². The summed E-state index contributed by atoms with van der Waals surface area (Å²) in [6, 6.07) is 0. The van der Waals surface area contributed by atoms with Gasteiger partial charge in [0.25, 0.3) is 0 Å². The molecule has 18 heteroatoms. The third-order valence-electron chi connectivity index (χ3n) is 10.5. The number of rotatable bonds is 5. The minimum Gasteiger partial charge on any atom is -0.491 e.